The van der Waals surface area contributed by atoms with E-state index in [1.807, 2.05) is 19.1 Å². The lowest BCUT2D eigenvalue weighted by molar-refractivity contribution is -0.122. The summed E-state index contributed by atoms with van der Waals surface area (Å²) in [5, 5.41) is 0. The first-order valence-electron chi connectivity index (χ1n) is 5.57. The Kier molecular flexibility index (Phi) is 2.86. The van der Waals surface area contributed by atoms with Gasteiger partial charge in [0.25, 0.3) is 0 Å². The van der Waals surface area contributed by atoms with Crippen LogP contribution in [0.3, 0.4) is 0 Å². The summed E-state index contributed by atoms with van der Waals surface area (Å²) >= 11 is 0. The zero-order chi connectivity index (χ0) is 11.7. The number of primary amides is 1. The second-order valence-electron chi connectivity index (χ2n) is 4.46. The topological polar surface area (TPSA) is 52.3 Å². The molecule has 86 valence electrons. The first-order chi connectivity index (χ1) is 7.63. The monoisotopic (exact) mass is 219 g/mol. The number of hydrogen-bond donors (Lipinski definition) is 1. The molecule has 16 heavy (non-hydrogen) atoms. The van der Waals surface area contributed by atoms with Crippen molar-refractivity contribution in [2.24, 2.45) is 17.6 Å². The number of fused-ring (bicyclic) bond motifs is 1. The Morgan fingerprint density at radius 3 is 2.88 bits per heavy atom. The third-order valence-corrected chi connectivity index (χ3v) is 3.55. The molecule has 1 amide bonds. The summed E-state index contributed by atoms with van der Waals surface area (Å²) in [6, 6.07) is 6.07. The quantitative estimate of drug-likeness (QED) is 0.838. The number of nitrogens with two attached hydrogens (primary N) is 1. The van der Waals surface area contributed by atoms with Crippen molar-refractivity contribution in [1.82, 2.24) is 0 Å². The fourth-order valence-electron chi connectivity index (χ4n) is 2.43. The standard InChI is InChI=1S/C13H17NO2/c1-8(13(14)15)10-6-9-4-3-5-12(16-2)11(9)7-10/h3-5,8,10H,6-7H2,1-2H3,(H2,14,15). The summed E-state index contributed by atoms with van der Waals surface area (Å²) < 4.78 is 5.33. The van der Waals surface area contributed by atoms with Crippen LogP contribution >= 0.6 is 0 Å². The van der Waals surface area contributed by atoms with E-state index in [9.17, 15) is 4.79 Å². The average molecular weight is 219 g/mol. The van der Waals surface area contributed by atoms with E-state index in [1.54, 1.807) is 7.11 Å². The smallest absolute Gasteiger partial charge is 0.220 e. The molecule has 0 spiro atoms. The number of amides is 1. The van der Waals surface area contributed by atoms with Gasteiger partial charge >= 0.3 is 0 Å². The lowest BCUT2D eigenvalue weighted by Crippen LogP contribution is -2.27. The van der Waals surface area contributed by atoms with E-state index in [0.29, 0.717) is 5.92 Å². The van der Waals surface area contributed by atoms with E-state index in [2.05, 4.69) is 6.07 Å². The van der Waals surface area contributed by atoms with E-state index in [-0.39, 0.29) is 11.8 Å². The zero-order valence-corrected chi connectivity index (χ0v) is 9.69. The minimum absolute atomic E-state index is 0.0721. The van der Waals surface area contributed by atoms with Gasteiger partial charge in [0, 0.05) is 5.92 Å². The summed E-state index contributed by atoms with van der Waals surface area (Å²) in [6.45, 7) is 1.91. The van der Waals surface area contributed by atoms with Crippen LogP contribution in [0.25, 0.3) is 0 Å². The molecule has 0 saturated carbocycles. The highest BCUT2D eigenvalue weighted by Gasteiger charge is 2.30. The Hall–Kier alpha value is -1.51. The molecule has 0 aliphatic heterocycles. The average Bonchev–Trinajstić information content (AvgIpc) is 2.70. The van der Waals surface area contributed by atoms with Gasteiger partial charge in [-0.1, -0.05) is 19.1 Å². The molecule has 0 aromatic heterocycles. The van der Waals surface area contributed by atoms with Crippen molar-refractivity contribution in [1.29, 1.82) is 0 Å². The number of hydrogen-bond acceptors (Lipinski definition) is 2. The van der Waals surface area contributed by atoms with Crippen molar-refractivity contribution in [3.63, 3.8) is 0 Å². The third-order valence-electron chi connectivity index (χ3n) is 3.55. The van der Waals surface area contributed by atoms with E-state index >= 15 is 0 Å². The van der Waals surface area contributed by atoms with E-state index in [4.69, 9.17) is 10.5 Å². The van der Waals surface area contributed by atoms with Crippen molar-refractivity contribution >= 4 is 5.91 Å². The first-order valence-corrected chi connectivity index (χ1v) is 5.57. The van der Waals surface area contributed by atoms with Crippen molar-refractivity contribution in [3.8, 4) is 5.75 Å². The lowest BCUT2D eigenvalue weighted by Gasteiger charge is -2.14. The van der Waals surface area contributed by atoms with Gasteiger partial charge in [-0.15, -0.1) is 0 Å². The fraction of sp³-hybridized carbons (Fsp3) is 0.462. The van der Waals surface area contributed by atoms with Crippen molar-refractivity contribution in [3.05, 3.63) is 29.3 Å². The van der Waals surface area contributed by atoms with E-state index < -0.39 is 0 Å². The van der Waals surface area contributed by atoms with Crippen molar-refractivity contribution in [2.75, 3.05) is 7.11 Å². The summed E-state index contributed by atoms with van der Waals surface area (Å²) in [4.78, 5) is 11.2. The Labute approximate surface area is 95.6 Å². The van der Waals surface area contributed by atoms with Crippen LogP contribution in [0, 0.1) is 11.8 Å². The SMILES string of the molecule is COc1cccc2c1CC(C(C)C(N)=O)C2. The normalized spacial score (nSPS) is 20.2. The van der Waals surface area contributed by atoms with Gasteiger partial charge in [0.05, 0.1) is 7.11 Å². The molecule has 3 heteroatoms. The predicted octanol–water partition coefficient (Wildman–Crippen LogP) is 1.53. The molecule has 0 radical (unpaired) electrons. The number of carbonyl (C=O) groups excluding carboxylic acids is 1. The van der Waals surface area contributed by atoms with Crippen LogP contribution in [0.5, 0.6) is 5.75 Å². The van der Waals surface area contributed by atoms with Crippen LogP contribution in [-0.4, -0.2) is 13.0 Å². The minimum Gasteiger partial charge on any atom is -0.496 e. The highest BCUT2D eigenvalue weighted by atomic mass is 16.5. The molecule has 1 aliphatic rings. The molecular weight excluding hydrogens is 202 g/mol. The van der Waals surface area contributed by atoms with Crippen LogP contribution in [0.4, 0.5) is 0 Å². The van der Waals surface area contributed by atoms with Crippen LogP contribution in [0.1, 0.15) is 18.1 Å². The zero-order valence-electron chi connectivity index (χ0n) is 9.69. The van der Waals surface area contributed by atoms with Gasteiger partial charge in [-0.2, -0.15) is 0 Å². The highest BCUT2D eigenvalue weighted by molar-refractivity contribution is 5.76. The van der Waals surface area contributed by atoms with Gasteiger partial charge in [-0.05, 0) is 36.0 Å². The maximum Gasteiger partial charge on any atom is 0.220 e. The molecule has 1 aliphatic carbocycles. The second kappa shape index (κ2) is 4.16. The summed E-state index contributed by atoms with van der Waals surface area (Å²) in [6.07, 6.45) is 1.82. The summed E-state index contributed by atoms with van der Waals surface area (Å²) in [7, 11) is 1.68. The molecule has 1 aromatic rings. The van der Waals surface area contributed by atoms with Gasteiger partial charge in [0.15, 0.2) is 0 Å². The van der Waals surface area contributed by atoms with Gasteiger partial charge in [-0.25, -0.2) is 0 Å². The first kappa shape index (κ1) is 11.0. The van der Waals surface area contributed by atoms with Crippen LogP contribution < -0.4 is 10.5 Å². The maximum atomic E-state index is 11.2. The third kappa shape index (κ3) is 1.77. The van der Waals surface area contributed by atoms with Crippen LogP contribution in [-0.2, 0) is 17.6 Å². The highest BCUT2D eigenvalue weighted by Crippen LogP contribution is 2.36. The van der Waals surface area contributed by atoms with Crippen molar-refractivity contribution < 1.29 is 9.53 Å². The van der Waals surface area contributed by atoms with Gasteiger partial charge in [0.1, 0.15) is 5.75 Å². The Bertz CT molecular complexity index is 414. The van der Waals surface area contributed by atoms with Crippen LogP contribution in [0.15, 0.2) is 18.2 Å². The molecule has 1 aromatic carbocycles. The fourth-order valence-corrected chi connectivity index (χ4v) is 2.43. The van der Waals surface area contributed by atoms with Gasteiger partial charge < -0.3 is 10.5 Å². The molecule has 2 rings (SSSR count). The second-order valence-corrected chi connectivity index (χ2v) is 4.46. The summed E-state index contributed by atoms with van der Waals surface area (Å²) in [5.74, 6) is 0.967. The van der Waals surface area contributed by atoms with Crippen LogP contribution in [0.2, 0.25) is 0 Å². The molecule has 0 fully saturated rings. The molecule has 2 atom stereocenters. The summed E-state index contributed by atoms with van der Waals surface area (Å²) in [5.41, 5.74) is 7.88. The molecule has 3 nitrogen and oxygen atoms in total. The van der Waals surface area contributed by atoms with E-state index in [0.717, 1.165) is 18.6 Å². The van der Waals surface area contributed by atoms with Gasteiger partial charge in [0.2, 0.25) is 5.91 Å². The molecular formula is C13H17NO2. The van der Waals surface area contributed by atoms with E-state index in [1.165, 1.54) is 11.1 Å². The predicted molar refractivity (Wildman–Crippen MR) is 62.3 cm³/mol. The minimum atomic E-state index is -0.211. The Morgan fingerprint density at radius 1 is 1.50 bits per heavy atom. The van der Waals surface area contributed by atoms with Gasteiger partial charge in [-0.3, -0.25) is 4.79 Å². The molecule has 0 heterocycles. The molecule has 0 bridgehead atoms. The molecule has 0 saturated heterocycles. The maximum absolute atomic E-state index is 11.2. The number of benzene rings is 1. The van der Waals surface area contributed by atoms with Crippen molar-refractivity contribution in [2.45, 2.75) is 19.8 Å². The molecule has 2 N–H and O–H groups in total. The largest absolute Gasteiger partial charge is 0.496 e. The number of ether oxygens (including phenoxy) is 1. The number of methoxy groups -OCH3 is 1. The number of rotatable bonds is 3. The lowest BCUT2D eigenvalue weighted by atomic mass is 9.91. The number of carbonyl (C=O) groups is 1. The molecule has 2 unspecified atom stereocenters. The Balaban J connectivity index is 2.24. The Morgan fingerprint density at radius 2 is 2.25 bits per heavy atom.